The Morgan fingerprint density at radius 1 is 1.43 bits per heavy atom. The molecule has 0 aromatic heterocycles. The van der Waals surface area contributed by atoms with E-state index in [1.165, 1.54) is 14.2 Å². The number of hydrogen-bond acceptors (Lipinski definition) is 4. The lowest BCUT2D eigenvalue weighted by atomic mass is 9.97. The fourth-order valence-corrected chi connectivity index (χ4v) is 1.97. The van der Waals surface area contributed by atoms with Crippen LogP contribution in [-0.2, 0) is 19.1 Å². The lowest BCUT2D eigenvalue weighted by molar-refractivity contribution is -0.153. The smallest absolute Gasteiger partial charge is 0.319 e. The van der Waals surface area contributed by atoms with Gasteiger partial charge in [0.15, 0.2) is 5.78 Å². The topological polar surface area (TPSA) is 52.6 Å². The van der Waals surface area contributed by atoms with Crippen LogP contribution in [-0.4, -0.2) is 32.6 Å². The molecule has 0 bridgehead atoms. The zero-order chi connectivity index (χ0) is 10.8. The third-order valence-corrected chi connectivity index (χ3v) is 2.92. The van der Waals surface area contributed by atoms with Gasteiger partial charge in [0.1, 0.15) is 12.0 Å². The number of ether oxygens (including phenoxy) is 2. The molecule has 0 aromatic rings. The Balaban J connectivity index is 2.75. The number of methoxy groups -OCH3 is 2. The summed E-state index contributed by atoms with van der Waals surface area (Å²) in [5, 5.41) is 0. The van der Waals surface area contributed by atoms with Gasteiger partial charge >= 0.3 is 5.97 Å². The summed E-state index contributed by atoms with van der Waals surface area (Å²) in [7, 11) is 2.77. The highest BCUT2D eigenvalue weighted by atomic mass is 16.5. The SMILES string of the molecule is CCC1CC1(C(=O)COC)C(=O)OC. The van der Waals surface area contributed by atoms with Crippen LogP contribution in [0.25, 0.3) is 0 Å². The maximum atomic E-state index is 11.7. The zero-order valence-electron chi connectivity index (χ0n) is 8.83. The summed E-state index contributed by atoms with van der Waals surface area (Å²) in [6.07, 6.45) is 1.43. The van der Waals surface area contributed by atoms with Crippen LogP contribution < -0.4 is 0 Å². The largest absolute Gasteiger partial charge is 0.468 e. The summed E-state index contributed by atoms with van der Waals surface area (Å²) >= 11 is 0. The Kier molecular flexibility index (Phi) is 3.26. The van der Waals surface area contributed by atoms with Crippen LogP contribution in [0, 0.1) is 11.3 Å². The highest BCUT2D eigenvalue weighted by Crippen LogP contribution is 2.55. The van der Waals surface area contributed by atoms with Crippen molar-refractivity contribution in [1.82, 2.24) is 0 Å². The van der Waals surface area contributed by atoms with E-state index in [0.717, 1.165) is 6.42 Å². The predicted octanol–water partition coefficient (Wildman–Crippen LogP) is 0.791. The molecular weight excluding hydrogens is 184 g/mol. The monoisotopic (exact) mass is 200 g/mol. The number of rotatable bonds is 5. The first-order chi connectivity index (χ1) is 6.63. The van der Waals surface area contributed by atoms with Gasteiger partial charge in [-0.15, -0.1) is 0 Å². The molecule has 1 fully saturated rings. The molecule has 0 aliphatic heterocycles. The molecule has 0 saturated heterocycles. The highest BCUT2D eigenvalue weighted by molar-refractivity contribution is 6.07. The number of ketones is 1. The lowest BCUT2D eigenvalue weighted by Gasteiger charge is -2.12. The molecule has 0 spiro atoms. The van der Waals surface area contributed by atoms with Crippen molar-refractivity contribution in [3.05, 3.63) is 0 Å². The maximum absolute atomic E-state index is 11.7. The van der Waals surface area contributed by atoms with Crippen molar-refractivity contribution in [3.8, 4) is 0 Å². The van der Waals surface area contributed by atoms with E-state index in [-0.39, 0.29) is 18.3 Å². The van der Waals surface area contributed by atoms with Gasteiger partial charge in [-0.3, -0.25) is 9.59 Å². The number of Topliss-reactive ketones (excluding diaryl/α,β-unsaturated/α-hetero) is 1. The quantitative estimate of drug-likeness (QED) is 0.486. The molecule has 1 aliphatic carbocycles. The van der Waals surface area contributed by atoms with Crippen LogP contribution >= 0.6 is 0 Å². The fraction of sp³-hybridized carbons (Fsp3) is 0.800. The van der Waals surface area contributed by atoms with Gasteiger partial charge in [-0.05, 0) is 12.3 Å². The van der Waals surface area contributed by atoms with E-state index in [1.54, 1.807) is 0 Å². The molecule has 80 valence electrons. The molecule has 0 N–H and O–H groups in total. The van der Waals surface area contributed by atoms with Crippen LogP contribution in [0.1, 0.15) is 19.8 Å². The van der Waals surface area contributed by atoms with Crippen molar-refractivity contribution in [2.24, 2.45) is 11.3 Å². The standard InChI is InChI=1S/C10H16O4/c1-4-7-5-10(7,9(12)14-3)8(11)6-13-2/h7H,4-6H2,1-3H3. The molecule has 4 heteroatoms. The fourth-order valence-electron chi connectivity index (χ4n) is 1.97. The third-order valence-electron chi connectivity index (χ3n) is 2.92. The van der Waals surface area contributed by atoms with Crippen molar-refractivity contribution in [2.45, 2.75) is 19.8 Å². The summed E-state index contributed by atoms with van der Waals surface area (Å²) in [6.45, 7) is 1.96. The summed E-state index contributed by atoms with van der Waals surface area (Å²) < 4.78 is 9.42. The first-order valence-electron chi connectivity index (χ1n) is 4.74. The zero-order valence-corrected chi connectivity index (χ0v) is 8.83. The van der Waals surface area contributed by atoms with E-state index in [0.29, 0.717) is 6.42 Å². The van der Waals surface area contributed by atoms with Crippen molar-refractivity contribution in [2.75, 3.05) is 20.8 Å². The first kappa shape index (κ1) is 11.2. The normalized spacial score (nSPS) is 29.8. The highest BCUT2D eigenvalue weighted by Gasteiger charge is 2.64. The van der Waals surface area contributed by atoms with Crippen LogP contribution in [0.15, 0.2) is 0 Å². The van der Waals surface area contributed by atoms with Crippen molar-refractivity contribution >= 4 is 11.8 Å². The van der Waals surface area contributed by atoms with Crippen LogP contribution in [0.2, 0.25) is 0 Å². The molecule has 2 unspecified atom stereocenters. The molecule has 1 rings (SSSR count). The van der Waals surface area contributed by atoms with Crippen LogP contribution in [0.3, 0.4) is 0 Å². The molecule has 0 radical (unpaired) electrons. The van der Waals surface area contributed by atoms with Gasteiger partial charge in [0.05, 0.1) is 7.11 Å². The second kappa shape index (κ2) is 4.09. The van der Waals surface area contributed by atoms with E-state index < -0.39 is 11.4 Å². The number of carbonyl (C=O) groups excluding carboxylic acids is 2. The van der Waals surface area contributed by atoms with Crippen LogP contribution in [0.4, 0.5) is 0 Å². The Morgan fingerprint density at radius 3 is 2.43 bits per heavy atom. The minimum atomic E-state index is -0.889. The number of hydrogen-bond donors (Lipinski definition) is 0. The van der Waals surface area contributed by atoms with Gasteiger partial charge in [-0.25, -0.2) is 0 Å². The predicted molar refractivity (Wildman–Crippen MR) is 49.7 cm³/mol. The van der Waals surface area contributed by atoms with Crippen molar-refractivity contribution in [1.29, 1.82) is 0 Å². The number of carbonyl (C=O) groups is 2. The first-order valence-corrected chi connectivity index (χ1v) is 4.74. The summed E-state index contributed by atoms with van der Waals surface area (Å²) in [5.74, 6) is -0.428. The molecule has 0 aromatic carbocycles. The van der Waals surface area contributed by atoms with Crippen molar-refractivity contribution in [3.63, 3.8) is 0 Å². The Bertz CT molecular complexity index is 249. The molecule has 1 aliphatic rings. The molecule has 4 nitrogen and oxygen atoms in total. The van der Waals surface area contributed by atoms with Crippen LogP contribution in [0.5, 0.6) is 0 Å². The summed E-state index contributed by atoms with van der Waals surface area (Å²) in [4.78, 5) is 23.2. The molecule has 0 heterocycles. The Hall–Kier alpha value is -0.900. The van der Waals surface area contributed by atoms with E-state index in [1.807, 2.05) is 6.92 Å². The van der Waals surface area contributed by atoms with Crippen molar-refractivity contribution < 1.29 is 19.1 Å². The summed E-state index contributed by atoms with van der Waals surface area (Å²) in [6, 6.07) is 0. The van der Waals surface area contributed by atoms with Gasteiger partial charge in [0, 0.05) is 7.11 Å². The summed E-state index contributed by atoms with van der Waals surface area (Å²) in [5.41, 5.74) is -0.889. The van der Waals surface area contributed by atoms with Gasteiger partial charge < -0.3 is 9.47 Å². The maximum Gasteiger partial charge on any atom is 0.319 e. The van der Waals surface area contributed by atoms with Gasteiger partial charge in [-0.1, -0.05) is 13.3 Å². The molecule has 0 amide bonds. The second-order valence-electron chi connectivity index (χ2n) is 3.63. The second-order valence-corrected chi connectivity index (χ2v) is 3.63. The van der Waals surface area contributed by atoms with E-state index in [4.69, 9.17) is 4.74 Å². The Morgan fingerprint density at radius 2 is 2.07 bits per heavy atom. The van der Waals surface area contributed by atoms with Gasteiger partial charge in [0.2, 0.25) is 0 Å². The minimum Gasteiger partial charge on any atom is -0.468 e. The van der Waals surface area contributed by atoms with E-state index >= 15 is 0 Å². The third kappa shape index (κ3) is 1.54. The molecule has 1 saturated carbocycles. The molecule has 2 atom stereocenters. The van der Waals surface area contributed by atoms with E-state index in [9.17, 15) is 9.59 Å². The average molecular weight is 200 g/mol. The van der Waals surface area contributed by atoms with E-state index in [2.05, 4.69) is 4.74 Å². The molecular formula is C10H16O4. The Labute approximate surface area is 83.6 Å². The van der Waals surface area contributed by atoms with Gasteiger partial charge in [-0.2, -0.15) is 0 Å². The minimum absolute atomic E-state index is 0.00833. The average Bonchev–Trinajstić information content (AvgIpc) is 2.92. The molecule has 14 heavy (non-hydrogen) atoms. The lowest BCUT2D eigenvalue weighted by Crippen LogP contribution is -2.32. The van der Waals surface area contributed by atoms with Gasteiger partial charge in [0.25, 0.3) is 0 Å². The number of esters is 1.